The Balaban J connectivity index is 1.32. The third-order valence-electron chi connectivity index (χ3n) is 6.95. The quantitative estimate of drug-likeness (QED) is 0.357. The number of carbonyl (C=O) groups excluding carboxylic acids is 1. The number of pyridine rings is 1. The van der Waals surface area contributed by atoms with Gasteiger partial charge in [0.1, 0.15) is 5.69 Å². The molecule has 2 amide bonds. The van der Waals surface area contributed by atoms with E-state index in [1.807, 2.05) is 29.2 Å². The van der Waals surface area contributed by atoms with Crippen LogP contribution in [-0.4, -0.2) is 46.5 Å². The largest absolute Gasteiger partial charge is 0.433 e. The molecule has 1 saturated heterocycles. The summed E-state index contributed by atoms with van der Waals surface area (Å²) in [5.74, 6) is 0. The number of alkyl halides is 3. The first-order chi connectivity index (χ1) is 17.7. The van der Waals surface area contributed by atoms with E-state index in [4.69, 9.17) is 0 Å². The summed E-state index contributed by atoms with van der Waals surface area (Å²) in [7, 11) is 0. The molecule has 8 nitrogen and oxygen atoms in total. The Morgan fingerprint density at radius 2 is 1.78 bits per heavy atom. The Morgan fingerprint density at radius 3 is 2.46 bits per heavy atom. The number of nitro groups is 1. The fraction of sp³-hybridized carbons (Fsp3) is 0.308. The van der Waals surface area contributed by atoms with Crippen molar-refractivity contribution in [2.45, 2.75) is 31.5 Å². The van der Waals surface area contributed by atoms with E-state index in [0.29, 0.717) is 19.6 Å². The van der Waals surface area contributed by atoms with Crippen LogP contribution >= 0.6 is 0 Å². The van der Waals surface area contributed by atoms with Gasteiger partial charge in [0.15, 0.2) is 0 Å². The molecule has 192 valence electrons. The fourth-order valence-electron chi connectivity index (χ4n) is 5.01. The molecule has 0 bridgehead atoms. The Kier molecular flexibility index (Phi) is 6.45. The summed E-state index contributed by atoms with van der Waals surface area (Å²) < 4.78 is 38.7. The first-order valence-corrected chi connectivity index (χ1v) is 11.9. The third-order valence-corrected chi connectivity index (χ3v) is 6.95. The molecule has 2 aliphatic heterocycles. The van der Waals surface area contributed by atoms with E-state index in [9.17, 15) is 28.1 Å². The Hall–Kier alpha value is -4.15. The highest BCUT2D eigenvalue weighted by Gasteiger charge is 2.33. The van der Waals surface area contributed by atoms with Gasteiger partial charge in [-0.2, -0.15) is 13.2 Å². The number of hydrogen-bond acceptors (Lipinski definition) is 5. The lowest BCUT2D eigenvalue weighted by atomic mass is 10.00. The van der Waals surface area contributed by atoms with Crippen molar-refractivity contribution < 1.29 is 22.9 Å². The van der Waals surface area contributed by atoms with Crippen molar-refractivity contribution in [2.24, 2.45) is 0 Å². The van der Waals surface area contributed by atoms with E-state index in [0.717, 1.165) is 48.5 Å². The van der Waals surface area contributed by atoms with Crippen LogP contribution < -0.4 is 10.2 Å². The molecule has 0 aliphatic carbocycles. The molecule has 37 heavy (non-hydrogen) atoms. The SMILES string of the molecule is O=C1Nc2ccccc2CCN1C1CCN(c2ccc([N+](=O)[O-])c(-c3ccc(C(F)(F)F)nc3)c2)CC1. The van der Waals surface area contributed by atoms with Gasteiger partial charge in [-0.1, -0.05) is 24.3 Å². The maximum Gasteiger partial charge on any atom is 0.433 e. The number of rotatable bonds is 4. The standard InChI is InChI=1S/C26H24F3N5O3/c27-26(28,29)24-8-5-18(16-30-24)21-15-20(6-7-23(21)34(36)37)32-12-10-19(11-13-32)33-14-9-17-3-1-2-4-22(17)31-25(33)35/h1-8,15-16,19H,9-14H2,(H,31,35). The zero-order valence-corrected chi connectivity index (χ0v) is 19.7. The molecule has 0 unspecified atom stereocenters. The summed E-state index contributed by atoms with van der Waals surface area (Å²) in [4.78, 5) is 31.3. The maximum atomic E-state index is 12.9. The number of nitrogens with zero attached hydrogens (tertiary/aromatic N) is 4. The molecule has 1 N–H and O–H groups in total. The van der Waals surface area contributed by atoms with Gasteiger partial charge < -0.3 is 15.1 Å². The van der Waals surface area contributed by atoms with Gasteiger partial charge in [-0.05, 0) is 49.1 Å². The number of benzene rings is 2. The van der Waals surface area contributed by atoms with Crippen molar-refractivity contribution >= 4 is 23.1 Å². The first kappa shape index (κ1) is 24.5. The van der Waals surface area contributed by atoms with E-state index >= 15 is 0 Å². The lowest BCUT2D eigenvalue weighted by Crippen LogP contribution is -2.48. The second-order valence-corrected chi connectivity index (χ2v) is 9.14. The number of nitrogens with one attached hydrogen (secondary N) is 1. The molecule has 0 saturated carbocycles. The molecule has 0 spiro atoms. The van der Waals surface area contributed by atoms with Crippen LogP contribution in [0.15, 0.2) is 60.8 Å². The lowest BCUT2D eigenvalue weighted by molar-refractivity contribution is -0.384. The number of para-hydroxylation sites is 1. The van der Waals surface area contributed by atoms with Crippen LogP contribution in [0.2, 0.25) is 0 Å². The zero-order valence-electron chi connectivity index (χ0n) is 19.7. The number of hydrogen-bond donors (Lipinski definition) is 1. The van der Waals surface area contributed by atoms with Gasteiger partial charge in [-0.25, -0.2) is 4.79 Å². The highest BCUT2D eigenvalue weighted by Crippen LogP contribution is 2.36. The number of nitro benzene ring substituents is 1. The second-order valence-electron chi connectivity index (χ2n) is 9.14. The molecule has 2 aromatic carbocycles. The minimum Gasteiger partial charge on any atom is -0.371 e. The third kappa shape index (κ3) is 5.07. The summed E-state index contributed by atoms with van der Waals surface area (Å²) in [6.45, 7) is 1.88. The molecule has 3 aromatic rings. The average molecular weight is 512 g/mol. The van der Waals surface area contributed by atoms with Crippen LogP contribution in [-0.2, 0) is 12.6 Å². The van der Waals surface area contributed by atoms with Crippen molar-refractivity contribution in [1.82, 2.24) is 9.88 Å². The highest BCUT2D eigenvalue weighted by atomic mass is 19.4. The zero-order chi connectivity index (χ0) is 26.2. The van der Waals surface area contributed by atoms with Gasteiger partial charge in [0, 0.05) is 54.9 Å². The van der Waals surface area contributed by atoms with Crippen molar-refractivity contribution in [3.63, 3.8) is 0 Å². The predicted octanol–water partition coefficient (Wildman–Crippen LogP) is 5.73. The van der Waals surface area contributed by atoms with Gasteiger partial charge in [-0.3, -0.25) is 15.1 Å². The molecule has 5 rings (SSSR count). The maximum absolute atomic E-state index is 12.9. The fourth-order valence-corrected chi connectivity index (χ4v) is 5.01. The van der Waals surface area contributed by atoms with E-state index in [1.165, 1.54) is 12.1 Å². The Bertz CT molecular complexity index is 1320. The number of anilines is 2. The summed E-state index contributed by atoms with van der Waals surface area (Å²) in [6.07, 6.45) is -1.38. The van der Waals surface area contributed by atoms with Crippen molar-refractivity contribution in [3.05, 3.63) is 82.2 Å². The van der Waals surface area contributed by atoms with Crippen LogP contribution in [0.1, 0.15) is 24.1 Å². The molecular weight excluding hydrogens is 487 g/mol. The van der Waals surface area contributed by atoms with Crippen molar-refractivity contribution in [2.75, 3.05) is 29.9 Å². The Labute approximate surface area is 210 Å². The average Bonchev–Trinajstić information content (AvgIpc) is 3.06. The summed E-state index contributed by atoms with van der Waals surface area (Å²) >= 11 is 0. The number of piperidine rings is 1. The predicted molar refractivity (Wildman–Crippen MR) is 132 cm³/mol. The van der Waals surface area contributed by atoms with E-state index in [-0.39, 0.29) is 28.9 Å². The molecular formula is C26H24F3N5O3. The molecule has 3 heterocycles. The highest BCUT2D eigenvalue weighted by molar-refractivity contribution is 5.91. The van der Waals surface area contributed by atoms with Gasteiger partial charge in [0.25, 0.3) is 5.69 Å². The number of halogens is 3. The summed E-state index contributed by atoms with van der Waals surface area (Å²) in [5, 5.41) is 14.6. The van der Waals surface area contributed by atoms with E-state index < -0.39 is 16.8 Å². The monoisotopic (exact) mass is 511 g/mol. The van der Waals surface area contributed by atoms with Gasteiger partial charge in [-0.15, -0.1) is 0 Å². The lowest BCUT2D eigenvalue weighted by Gasteiger charge is -2.39. The molecule has 0 radical (unpaired) electrons. The van der Waals surface area contributed by atoms with Crippen LogP contribution in [0.25, 0.3) is 11.1 Å². The topological polar surface area (TPSA) is 91.6 Å². The minimum absolute atomic E-state index is 0.0576. The second kappa shape index (κ2) is 9.72. The molecule has 2 aliphatic rings. The Morgan fingerprint density at radius 1 is 1.03 bits per heavy atom. The number of aromatic nitrogens is 1. The van der Waals surface area contributed by atoms with E-state index in [2.05, 4.69) is 15.2 Å². The van der Waals surface area contributed by atoms with Crippen LogP contribution in [0.4, 0.5) is 35.0 Å². The number of carbonyl (C=O) groups is 1. The molecule has 1 aromatic heterocycles. The van der Waals surface area contributed by atoms with Crippen LogP contribution in [0, 0.1) is 10.1 Å². The molecule has 11 heteroatoms. The normalized spacial score (nSPS) is 16.7. The van der Waals surface area contributed by atoms with Gasteiger partial charge >= 0.3 is 12.2 Å². The first-order valence-electron chi connectivity index (χ1n) is 11.9. The number of fused-ring (bicyclic) bond motifs is 1. The van der Waals surface area contributed by atoms with Gasteiger partial charge in [0.2, 0.25) is 0 Å². The van der Waals surface area contributed by atoms with Crippen LogP contribution in [0.3, 0.4) is 0 Å². The van der Waals surface area contributed by atoms with Gasteiger partial charge in [0.05, 0.1) is 10.5 Å². The smallest absolute Gasteiger partial charge is 0.371 e. The minimum atomic E-state index is -4.59. The number of urea groups is 1. The van der Waals surface area contributed by atoms with Crippen LogP contribution in [0.5, 0.6) is 0 Å². The summed E-state index contributed by atoms with van der Waals surface area (Å²) in [5.41, 5.74) is 1.84. The molecule has 0 atom stereocenters. The summed E-state index contributed by atoms with van der Waals surface area (Å²) in [6, 6.07) is 14.4. The van der Waals surface area contributed by atoms with Crippen molar-refractivity contribution in [1.29, 1.82) is 0 Å². The van der Waals surface area contributed by atoms with Crippen molar-refractivity contribution in [3.8, 4) is 11.1 Å². The molecule has 1 fully saturated rings. The van der Waals surface area contributed by atoms with E-state index in [1.54, 1.807) is 12.1 Å². The number of amides is 2.